The molecule has 0 unspecified atom stereocenters. The Morgan fingerprint density at radius 1 is 1.43 bits per heavy atom. The van der Waals surface area contributed by atoms with Crippen molar-refractivity contribution in [1.82, 2.24) is 0 Å². The molecule has 0 saturated carbocycles. The van der Waals surface area contributed by atoms with Gasteiger partial charge in [-0.1, -0.05) is 18.1 Å². The van der Waals surface area contributed by atoms with E-state index in [4.69, 9.17) is 12.2 Å². The summed E-state index contributed by atoms with van der Waals surface area (Å²) >= 11 is 0. The zero-order valence-electron chi connectivity index (χ0n) is 7.69. The van der Waals surface area contributed by atoms with Crippen molar-refractivity contribution in [3.63, 3.8) is 0 Å². The van der Waals surface area contributed by atoms with E-state index in [1.54, 1.807) is 0 Å². The van der Waals surface area contributed by atoms with Gasteiger partial charge in [-0.2, -0.15) is 0 Å². The van der Waals surface area contributed by atoms with E-state index in [0.29, 0.717) is 13.0 Å². The van der Waals surface area contributed by atoms with E-state index in [9.17, 15) is 4.79 Å². The summed E-state index contributed by atoms with van der Waals surface area (Å²) in [5.41, 5.74) is 6.71. The average molecular weight is 189 g/mol. The number of rotatable bonds is 3. The molecule has 0 heterocycles. The molecule has 0 saturated heterocycles. The second-order valence-electron chi connectivity index (χ2n) is 2.76. The summed E-state index contributed by atoms with van der Waals surface area (Å²) < 4.78 is 4.60. The lowest BCUT2D eigenvalue weighted by atomic mass is 10.1. The lowest BCUT2D eigenvalue weighted by Crippen LogP contribution is -2.14. The normalized spacial score (nSPS) is 9.07. The van der Waals surface area contributed by atoms with Gasteiger partial charge in [-0.15, -0.1) is 6.42 Å². The number of amides is 1. The molecule has 72 valence electrons. The summed E-state index contributed by atoms with van der Waals surface area (Å²) in [7, 11) is 0. The van der Waals surface area contributed by atoms with Gasteiger partial charge in [-0.3, -0.25) is 0 Å². The molecule has 0 spiro atoms. The highest BCUT2D eigenvalue weighted by molar-refractivity contribution is 5.64. The van der Waals surface area contributed by atoms with Gasteiger partial charge in [0, 0.05) is 12.0 Å². The van der Waals surface area contributed by atoms with Gasteiger partial charge < -0.3 is 10.5 Å². The zero-order chi connectivity index (χ0) is 10.4. The molecule has 0 atom stereocenters. The number of carbonyl (C=O) groups excluding carboxylic acids is 1. The highest BCUT2D eigenvalue weighted by Crippen LogP contribution is 2.03. The van der Waals surface area contributed by atoms with E-state index < -0.39 is 6.09 Å². The van der Waals surface area contributed by atoms with Crippen molar-refractivity contribution in [1.29, 1.82) is 0 Å². The van der Waals surface area contributed by atoms with E-state index in [-0.39, 0.29) is 0 Å². The van der Waals surface area contributed by atoms with Crippen LogP contribution >= 0.6 is 0 Å². The number of terminal acetylenes is 1. The molecule has 1 rings (SSSR count). The van der Waals surface area contributed by atoms with Gasteiger partial charge in [0.2, 0.25) is 0 Å². The van der Waals surface area contributed by atoms with Crippen molar-refractivity contribution in [3.05, 3.63) is 35.4 Å². The Morgan fingerprint density at radius 2 is 2.07 bits per heavy atom. The van der Waals surface area contributed by atoms with Gasteiger partial charge in [0.25, 0.3) is 0 Å². The van der Waals surface area contributed by atoms with Crippen molar-refractivity contribution in [2.24, 2.45) is 5.73 Å². The van der Waals surface area contributed by atoms with Crippen LogP contribution in [0.25, 0.3) is 0 Å². The van der Waals surface area contributed by atoms with E-state index in [1.807, 2.05) is 24.3 Å². The van der Waals surface area contributed by atoms with E-state index >= 15 is 0 Å². The minimum Gasteiger partial charge on any atom is -0.449 e. The minimum atomic E-state index is -0.745. The highest BCUT2D eigenvalue weighted by atomic mass is 16.5. The Hall–Kier alpha value is -1.95. The summed E-state index contributed by atoms with van der Waals surface area (Å²) in [4.78, 5) is 10.3. The SMILES string of the molecule is C#Cc1ccc(CCOC(N)=O)cc1. The lowest BCUT2D eigenvalue weighted by Gasteiger charge is -2.01. The van der Waals surface area contributed by atoms with E-state index in [2.05, 4.69) is 10.7 Å². The van der Waals surface area contributed by atoms with Crippen molar-refractivity contribution >= 4 is 6.09 Å². The predicted octanol–water partition coefficient (Wildman–Crippen LogP) is 1.31. The standard InChI is InChI=1S/C11H11NO2/c1-2-9-3-5-10(6-4-9)7-8-14-11(12)13/h1,3-6H,7-8H2,(H2,12,13). The Bertz CT molecular complexity index is 349. The van der Waals surface area contributed by atoms with Crippen LogP contribution in [0.15, 0.2) is 24.3 Å². The second-order valence-corrected chi connectivity index (χ2v) is 2.76. The third-order valence-corrected chi connectivity index (χ3v) is 1.76. The van der Waals surface area contributed by atoms with Crippen LogP contribution in [-0.2, 0) is 11.2 Å². The van der Waals surface area contributed by atoms with Gasteiger partial charge in [-0.25, -0.2) is 4.79 Å². The topological polar surface area (TPSA) is 52.3 Å². The van der Waals surface area contributed by atoms with Crippen LogP contribution in [-0.4, -0.2) is 12.7 Å². The van der Waals surface area contributed by atoms with Crippen LogP contribution in [0.4, 0.5) is 4.79 Å². The first-order valence-corrected chi connectivity index (χ1v) is 4.20. The maximum absolute atomic E-state index is 10.3. The third-order valence-electron chi connectivity index (χ3n) is 1.76. The Morgan fingerprint density at radius 3 is 2.57 bits per heavy atom. The fraction of sp³-hybridized carbons (Fsp3) is 0.182. The zero-order valence-corrected chi connectivity index (χ0v) is 7.69. The largest absolute Gasteiger partial charge is 0.449 e. The second kappa shape index (κ2) is 4.93. The summed E-state index contributed by atoms with van der Waals surface area (Å²) in [6.45, 7) is 0.296. The lowest BCUT2D eigenvalue weighted by molar-refractivity contribution is 0.158. The van der Waals surface area contributed by atoms with Crippen LogP contribution in [0.3, 0.4) is 0 Å². The van der Waals surface area contributed by atoms with Crippen LogP contribution in [0.5, 0.6) is 0 Å². The molecule has 14 heavy (non-hydrogen) atoms. The number of hydrogen-bond acceptors (Lipinski definition) is 2. The van der Waals surface area contributed by atoms with Crippen LogP contribution in [0.1, 0.15) is 11.1 Å². The number of hydrogen-bond donors (Lipinski definition) is 1. The molecule has 0 aliphatic rings. The molecule has 3 nitrogen and oxygen atoms in total. The van der Waals surface area contributed by atoms with Crippen molar-refractivity contribution < 1.29 is 9.53 Å². The van der Waals surface area contributed by atoms with Crippen LogP contribution in [0.2, 0.25) is 0 Å². The summed E-state index contributed by atoms with van der Waals surface area (Å²) in [6.07, 6.45) is 5.11. The van der Waals surface area contributed by atoms with Crippen molar-refractivity contribution in [2.45, 2.75) is 6.42 Å². The molecule has 0 aliphatic carbocycles. The molecule has 3 heteroatoms. The van der Waals surface area contributed by atoms with Gasteiger partial charge in [0.05, 0.1) is 6.61 Å². The van der Waals surface area contributed by atoms with Gasteiger partial charge in [-0.05, 0) is 17.7 Å². The number of ether oxygens (including phenoxy) is 1. The summed E-state index contributed by atoms with van der Waals surface area (Å²) in [5, 5.41) is 0. The first-order chi connectivity index (χ1) is 6.72. The maximum atomic E-state index is 10.3. The van der Waals surface area contributed by atoms with Crippen LogP contribution in [0, 0.1) is 12.3 Å². The molecular weight excluding hydrogens is 178 g/mol. The molecule has 0 fully saturated rings. The van der Waals surface area contributed by atoms with Crippen molar-refractivity contribution in [2.75, 3.05) is 6.61 Å². The number of carbonyl (C=O) groups is 1. The fourth-order valence-corrected chi connectivity index (χ4v) is 1.04. The first-order valence-electron chi connectivity index (χ1n) is 4.20. The summed E-state index contributed by atoms with van der Waals surface area (Å²) in [5.74, 6) is 2.52. The minimum absolute atomic E-state index is 0.296. The fourth-order valence-electron chi connectivity index (χ4n) is 1.04. The van der Waals surface area contributed by atoms with Crippen LogP contribution < -0.4 is 5.73 Å². The monoisotopic (exact) mass is 189 g/mol. The van der Waals surface area contributed by atoms with Gasteiger partial charge in [0.15, 0.2) is 0 Å². The molecule has 1 aromatic carbocycles. The highest BCUT2D eigenvalue weighted by Gasteiger charge is 1.96. The molecular formula is C11H11NO2. The molecule has 1 amide bonds. The molecule has 0 bridgehead atoms. The van der Waals surface area contributed by atoms with E-state index in [0.717, 1.165) is 11.1 Å². The third kappa shape index (κ3) is 3.20. The Balaban J connectivity index is 2.45. The van der Waals surface area contributed by atoms with Gasteiger partial charge >= 0.3 is 6.09 Å². The molecule has 2 N–H and O–H groups in total. The first kappa shape index (κ1) is 10.1. The van der Waals surface area contributed by atoms with E-state index in [1.165, 1.54) is 0 Å². The molecule has 0 radical (unpaired) electrons. The average Bonchev–Trinajstić information content (AvgIpc) is 2.18. The quantitative estimate of drug-likeness (QED) is 0.729. The number of primary amides is 1. The molecule has 1 aromatic rings. The number of nitrogens with two attached hydrogens (primary N) is 1. The maximum Gasteiger partial charge on any atom is 0.404 e. The smallest absolute Gasteiger partial charge is 0.404 e. The number of benzene rings is 1. The van der Waals surface area contributed by atoms with Crippen molar-refractivity contribution in [3.8, 4) is 12.3 Å². The molecule has 0 aromatic heterocycles. The van der Waals surface area contributed by atoms with Gasteiger partial charge in [0.1, 0.15) is 0 Å². The Kier molecular flexibility index (Phi) is 3.57. The predicted molar refractivity (Wildman–Crippen MR) is 53.6 cm³/mol. The Labute approximate surface area is 82.9 Å². The molecule has 0 aliphatic heterocycles. The summed E-state index contributed by atoms with van der Waals surface area (Å²) in [6, 6.07) is 7.50.